The monoisotopic (exact) mass is 414 g/mol. The molecule has 5 nitrogen and oxygen atoms in total. The average Bonchev–Trinajstić information content (AvgIpc) is 3.09. The van der Waals surface area contributed by atoms with Crippen LogP contribution in [0.5, 0.6) is 0 Å². The predicted octanol–water partition coefficient (Wildman–Crippen LogP) is 5.65. The Morgan fingerprint density at radius 1 is 1.13 bits per heavy atom. The van der Waals surface area contributed by atoms with Crippen molar-refractivity contribution in [3.05, 3.63) is 94.6 Å². The number of aromatic amines is 1. The topological polar surface area (TPSA) is 61.0 Å². The summed E-state index contributed by atoms with van der Waals surface area (Å²) in [5.74, 6) is -0.310. The molecule has 156 valence electrons. The fourth-order valence-electron chi connectivity index (χ4n) is 4.53. The number of halogens is 1. The van der Waals surface area contributed by atoms with Crippen molar-refractivity contribution in [1.82, 2.24) is 14.9 Å². The maximum atomic E-state index is 14.0. The maximum absolute atomic E-state index is 14.0. The molecule has 1 atom stereocenters. The van der Waals surface area contributed by atoms with Crippen molar-refractivity contribution in [2.24, 2.45) is 0 Å². The number of nitrogens with one attached hydrogen (secondary N) is 2. The number of amides is 2. The van der Waals surface area contributed by atoms with Crippen molar-refractivity contribution in [2.75, 3.05) is 5.32 Å². The number of fused-ring (bicyclic) bond motifs is 3. The summed E-state index contributed by atoms with van der Waals surface area (Å²) in [6.07, 6.45) is 2.34. The Morgan fingerprint density at radius 3 is 2.71 bits per heavy atom. The van der Waals surface area contributed by atoms with Crippen molar-refractivity contribution in [2.45, 2.75) is 32.9 Å². The van der Waals surface area contributed by atoms with Crippen LogP contribution in [0.25, 0.3) is 11.0 Å². The van der Waals surface area contributed by atoms with E-state index in [1.165, 1.54) is 12.1 Å². The van der Waals surface area contributed by atoms with Gasteiger partial charge in [0, 0.05) is 29.6 Å². The van der Waals surface area contributed by atoms with Gasteiger partial charge < -0.3 is 15.2 Å². The molecule has 0 saturated carbocycles. The minimum absolute atomic E-state index is 0.212. The van der Waals surface area contributed by atoms with Crippen LogP contribution in [0, 0.1) is 19.7 Å². The molecule has 0 aliphatic carbocycles. The number of H-pyrrole nitrogens is 1. The molecular formula is C25H23FN4O. The van der Waals surface area contributed by atoms with Crippen LogP contribution in [0.3, 0.4) is 0 Å². The molecule has 0 saturated heterocycles. The summed E-state index contributed by atoms with van der Waals surface area (Å²) in [4.78, 5) is 23.1. The molecular weight excluding hydrogens is 391 g/mol. The van der Waals surface area contributed by atoms with E-state index in [0.29, 0.717) is 13.0 Å². The summed E-state index contributed by atoms with van der Waals surface area (Å²) in [7, 11) is 0. The average molecular weight is 414 g/mol. The number of hydrogen-bond donors (Lipinski definition) is 2. The van der Waals surface area contributed by atoms with E-state index >= 15 is 0 Å². The van der Waals surface area contributed by atoms with E-state index in [0.717, 1.165) is 44.7 Å². The van der Waals surface area contributed by atoms with Gasteiger partial charge >= 0.3 is 6.03 Å². The van der Waals surface area contributed by atoms with Gasteiger partial charge in [0.15, 0.2) is 0 Å². The molecule has 4 aromatic rings. The number of aryl methyl sites for hydroxylation is 2. The number of carbonyl (C=O) groups is 1. The zero-order valence-electron chi connectivity index (χ0n) is 17.4. The number of aromatic nitrogens is 2. The van der Waals surface area contributed by atoms with Gasteiger partial charge in [0.05, 0.1) is 23.6 Å². The molecule has 1 aliphatic rings. The van der Waals surface area contributed by atoms with E-state index < -0.39 is 0 Å². The van der Waals surface area contributed by atoms with Crippen molar-refractivity contribution >= 4 is 22.8 Å². The molecule has 3 heterocycles. The van der Waals surface area contributed by atoms with Crippen molar-refractivity contribution in [3.63, 3.8) is 0 Å². The SMILES string of the molecule is Cc1cc(C)cc(NC(=O)N2Cc3[nH]c4cccnc4c3CC2c2cccc(F)c2)c1. The largest absolute Gasteiger partial charge is 0.355 e. The minimum atomic E-state index is -0.310. The van der Waals surface area contributed by atoms with Crippen molar-refractivity contribution in [3.8, 4) is 0 Å². The van der Waals surface area contributed by atoms with Crippen LogP contribution in [-0.2, 0) is 13.0 Å². The van der Waals surface area contributed by atoms with E-state index in [2.05, 4.69) is 21.4 Å². The van der Waals surface area contributed by atoms with E-state index in [1.54, 1.807) is 17.2 Å². The Balaban J connectivity index is 1.54. The molecule has 6 heteroatoms. The number of benzene rings is 2. The molecule has 0 bridgehead atoms. The van der Waals surface area contributed by atoms with Crippen LogP contribution in [0.2, 0.25) is 0 Å². The molecule has 2 N–H and O–H groups in total. The maximum Gasteiger partial charge on any atom is 0.322 e. The molecule has 2 amide bonds. The molecule has 2 aromatic carbocycles. The number of nitrogens with zero attached hydrogens (tertiary/aromatic N) is 2. The van der Waals surface area contributed by atoms with Crippen LogP contribution in [0.15, 0.2) is 60.8 Å². The summed E-state index contributed by atoms with van der Waals surface area (Å²) in [6.45, 7) is 4.40. The fraction of sp³-hybridized carbons (Fsp3) is 0.200. The number of carbonyl (C=O) groups excluding carboxylic acids is 1. The van der Waals surface area contributed by atoms with E-state index in [-0.39, 0.29) is 17.9 Å². The summed E-state index contributed by atoms with van der Waals surface area (Å²) in [6, 6.07) is 15.8. The lowest BCUT2D eigenvalue weighted by molar-refractivity contribution is 0.175. The normalized spacial score (nSPS) is 15.7. The van der Waals surface area contributed by atoms with Gasteiger partial charge in [0.2, 0.25) is 0 Å². The van der Waals surface area contributed by atoms with Crippen LogP contribution >= 0.6 is 0 Å². The lowest BCUT2D eigenvalue weighted by Crippen LogP contribution is -2.41. The van der Waals surface area contributed by atoms with E-state index in [9.17, 15) is 9.18 Å². The van der Waals surface area contributed by atoms with Crippen LogP contribution in [0.4, 0.5) is 14.9 Å². The van der Waals surface area contributed by atoms with Gasteiger partial charge in [-0.15, -0.1) is 0 Å². The summed E-state index contributed by atoms with van der Waals surface area (Å²) in [5.41, 5.74) is 7.60. The smallest absolute Gasteiger partial charge is 0.322 e. The van der Waals surface area contributed by atoms with E-state index in [1.807, 2.05) is 44.2 Å². The van der Waals surface area contributed by atoms with Gasteiger partial charge in [-0.05, 0) is 66.9 Å². The summed E-state index contributed by atoms with van der Waals surface area (Å²) < 4.78 is 14.0. The lowest BCUT2D eigenvalue weighted by Gasteiger charge is -2.36. The fourth-order valence-corrected chi connectivity index (χ4v) is 4.53. The second kappa shape index (κ2) is 7.54. The van der Waals surface area contributed by atoms with Gasteiger partial charge in [0.1, 0.15) is 5.82 Å². The zero-order valence-corrected chi connectivity index (χ0v) is 17.4. The number of hydrogen-bond acceptors (Lipinski definition) is 2. The number of anilines is 1. The molecule has 0 radical (unpaired) electrons. The Hall–Kier alpha value is -3.67. The van der Waals surface area contributed by atoms with Gasteiger partial charge in [0.25, 0.3) is 0 Å². The summed E-state index contributed by atoms with van der Waals surface area (Å²) in [5, 5.41) is 3.04. The Bertz CT molecular complexity index is 1280. The molecule has 2 aromatic heterocycles. The second-order valence-corrected chi connectivity index (χ2v) is 8.19. The molecule has 31 heavy (non-hydrogen) atoms. The van der Waals surface area contributed by atoms with Crippen LogP contribution in [-0.4, -0.2) is 20.9 Å². The molecule has 0 spiro atoms. The molecule has 5 rings (SSSR count). The van der Waals surface area contributed by atoms with Gasteiger partial charge in [-0.2, -0.15) is 0 Å². The van der Waals surface area contributed by atoms with Gasteiger partial charge in [-0.1, -0.05) is 18.2 Å². The van der Waals surface area contributed by atoms with Gasteiger partial charge in [-0.25, -0.2) is 9.18 Å². The predicted molar refractivity (Wildman–Crippen MR) is 119 cm³/mol. The highest BCUT2D eigenvalue weighted by atomic mass is 19.1. The Labute approximate surface area is 179 Å². The quantitative estimate of drug-likeness (QED) is 0.445. The minimum Gasteiger partial charge on any atom is -0.355 e. The molecule has 1 unspecified atom stereocenters. The highest BCUT2D eigenvalue weighted by molar-refractivity contribution is 5.90. The standard InChI is InChI=1S/C25H23FN4O/c1-15-9-16(2)11-19(10-15)28-25(31)30-14-22-20(24-21(29-22)7-4-8-27-24)13-23(30)17-5-3-6-18(26)12-17/h3-12,23,29H,13-14H2,1-2H3,(H,28,31). The Kier molecular flexibility index (Phi) is 4.70. The third-order valence-electron chi connectivity index (χ3n) is 5.81. The van der Waals surface area contributed by atoms with Crippen molar-refractivity contribution in [1.29, 1.82) is 0 Å². The van der Waals surface area contributed by atoms with E-state index in [4.69, 9.17) is 0 Å². The number of urea groups is 1. The first-order valence-electron chi connectivity index (χ1n) is 10.3. The Morgan fingerprint density at radius 2 is 1.94 bits per heavy atom. The van der Waals surface area contributed by atoms with Crippen LogP contribution < -0.4 is 5.32 Å². The van der Waals surface area contributed by atoms with Crippen LogP contribution in [0.1, 0.15) is 34.0 Å². The van der Waals surface area contributed by atoms with Crippen molar-refractivity contribution < 1.29 is 9.18 Å². The third-order valence-corrected chi connectivity index (χ3v) is 5.81. The first-order valence-corrected chi connectivity index (χ1v) is 10.3. The third kappa shape index (κ3) is 3.65. The zero-order chi connectivity index (χ0) is 21.5. The summed E-state index contributed by atoms with van der Waals surface area (Å²) >= 11 is 0. The number of pyridine rings is 1. The number of rotatable bonds is 2. The first kappa shape index (κ1) is 19.3. The highest BCUT2D eigenvalue weighted by Crippen LogP contribution is 2.37. The lowest BCUT2D eigenvalue weighted by atomic mass is 9.93. The highest BCUT2D eigenvalue weighted by Gasteiger charge is 2.33. The first-order chi connectivity index (χ1) is 15.0. The second-order valence-electron chi connectivity index (χ2n) is 8.19. The molecule has 0 fully saturated rings. The van der Waals surface area contributed by atoms with Gasteiger partial charge in [-0.3, -0.25) is 4.98 Å². The molecule has 1 aliphatic heterocycles.